The van der Waals surface area contributed by atoms with Crippen LogP contribution in [0.2, 0.25) is 0 Å². The lowest BCUT2D eigenvalue weighted by molar-refractivity contribution is -0.137. The summed E-state index contributed by atoms with van der Waals surface area (Å²) in [7, 11) is 0. The van der Waals surface area contributed by atoms with Crippen LogP contribution in [0.4, 0.5) is 17.6 Å². The van der Waals surface area contributed by atoms with Gasteiger partial charge in [0.2, 0.25) is 0 Å². The van der Waals surface area contributed by atoms with E-state index in [2.05, 4.69) is 5.32 Å². The summed E-state index contributed by atoms with van der Waals surface area (Å²) in [5, 5.41) is 3.13. The number of rotatable bonds is 4. The molecular weight excluding hydrogens is 286 g/mol. The van der Waals surface area contributed by atoms with Crippen molar-refractivity contribution in [3.8, 4) is 0 Å². The molecule has 1 aliphatic rings. The third kappa shape index (κ3) is 3.95. The van der Waals surface area contributed by atoms with E-state index < -0.39 is 23.6 Å². The molecule has 0 aliphatic carbocycles. The molecule has 21 heavy (non-hydrogen) atoms. The smallest absolute Gasteiger partial charge is 0.381 e. The second-order valence-electron chi connectivity index (χ2n) is 5.22. The van der Waals surface area contributed by atoms with Gasteiger partial charge in [-0.3, -0.25) is 0 Å². The van der Waals surface area contributed by atoms with Crippen LogP contribution in [0.5, 0.6) is 0 Å². The molecule has 6 heteroatoms. The molecule has 0 saturated carbocycles. The zero-order valence-electron chi connectivity index (χ0n) is 11.8. The second-order valence-corrected chi connectivity index (χ2v) is 5.22. The van der Waals surface area contributed by atoms with E-state index in [1.54, 1.807) is 0 Å². The highest BCUT2D eigenvalue weighted by Gasteiger charge is 2.33. The third-order valence-electron chi connectivity index (χ3n) is 3.82. The summed E-state index contributed by atoms with van der Waals surface area (Å²) in [5.41, 5.74) is -0.715. The molecule has 1 aromatic carbocycles. The van der Waals surface area contributed by atoms with Crippen LogP contribution in [0.3, 0.4) is 0 Å². The van der Waals surface area contributed by atoms with E-state index in [1.807, 2.05) is 6.92 Å². The molecule has 0 aromatic heterocycles. The maximum atomic E-state index is 14.0. The van der Waals surface area contributed by atoms with E-state index in [9.17, 15) is 17.6 Å². The quantitative estimate of drug-likeness (QED) is 0.851. The molecule has 0 radical (unpaired) electrons. The van der Waals surface area contributed by atoms with Gasteiger partial charge in [0.05, 0.1) is 5.56 Å². The number of halogens is 4. The van der Waals surface area contributed by atoms with Crippen molar-refractivity contribution in [2.24, 2.45) is 5.92 Å². The van der Waals surface area contributed by atoms with Crippen LogP contribution in [0, 0.1) is 11.7 Å². The monoisotopic (exact) mass is 305 g/mol. The Kier molecular flexibility index (Phi) is 5.22. The van der Waals surface area contributed by atoms with Gasteiger partial charge in [-0.2, -0.15) is 13.2 Å². The van der Waals surface area contributed by atoms with Crippen LogP contribution in [0.25, 0.3) is 0 Å². The molecule has 1 unspecified atom stereocenters. The molecule has 1 saturated heterocycles. The fourth-order valence-corrected chi connectivity index (χ4v) is 2.76. The van der Waals surface area contributed by atoms with Gasteiger partial charge >= 0.3 is 6.18 Å². The number of nitrogens with one attached hydrogen (secondary N) is 1. The number of hydrogen-bond donors (Lipinski definition) is 1. The highest BCUT2D eigenvalue weighted by atomic mass is 19.4. The van der Waals surface area contributed by atoms with E-state index in [0.29, 0.717) is 32.6 Å². The van der Waals surface area contributed by atoms with Gasteiger partial charge in [-0.15, -0.1) is 0 Å². The standard InChI is InChI=1S/C15H19F4NO/c1-2-20-14(10-5-7-21-8-6-10)12-9-11(15(17,18)19)3-4-13(12)16/h3-4,9-10,14,20H,2,5-8H2,1H3. The summed E-state index contributed by atoms with van der Waals surface area (Å²) < 4.78 is 57.8. The average molecular weight is 305 g/mol. The lowest BCUT2D eigenvalue weighted by Gasteiger charge is -2.31. The Bertz CT molecular complexity index is 469. The van der Waals surface area contributed by atoms with Gasteiger partial charge in [0, 0.05) is 24.8 Å². The summed E-state index contributed by atoms with van der Waals surface area (Å²) in [6.45, 7) is 3.55. The third-order valence-corrected chi connectivity index (χ3v) is 3.82. The van der Waals surface area contributed by atoms with Crippen molar-refractivity contribution in [2.75, 3.05) is 19.8 Å². The Morgan fingerprint density at radius 3 is 2.52 bits per heavy atom. The Labute approximate surface area is 121 Å². The Morgan fingerprint density at radius 1 is 1.29 bits per heavy atom. The van der Waals surface area contributed by atoms with E-state index in [0.717, 1.165) is 18.2 Å². The van der Waals surface area contributed by atoms with Crippen LogP contribution < -0.4 is 5.32 Å². The normalized spacial score (nSPS) is 18.7. The van der Waals surface area contributed by atoms with Crippen molar-refractivity contribution in [1.82, 2.24) is 5.32 Å². The first-order valence-electron chi connectivity index (χ1n) is 7.11. The Hall–Kier alpha value is -1.14. The van der Waals surface area contributed by atoms with Gasteiger partial charge in [-0.05, 0) is 43.5 Å². The predicted molar refractivity (Wildman–Crippen MR) is 71.4 cm³/mol. The summed E-state index contributed by atoms with van der Waals surface area (Å²) >= 11 is 0. The fourth-order valence-electron chi connectivity index (χ4n) is 2.76. The van der Waals surface area contributed by atoms with E-state index >= 15 is 0 Å². The molecule has 1 aliphatic heterocycles. The molecule has 0 bridgehead atoms. The lowest BCUT2D eigenvalue weighted by atomic mass is 9.86. The van der Waals surface area contributed by atoms with Crippen LogP contribution in [-0.4, -0.2) is 19.8 Å². The van der Waals surface area contributed by atoms with Crippen LogP contribution in [-0.2, 0) is 10.9 Å². The highest BCUT2D eigenvalue weighted by molar-refractivity contribution is 5.30. The molecule has 1 aromatic rings. The summed E-state index contributed by atoms with van der Waals surface area (Å²) in [4.78, 5) is 0. The minimum absolute atomic E-state index is 0.0803. The van der Waals surface area contributed by atoms with E-state index in [4.69, 9.17) is 4.74 Å². The fraction of sp³-hybridized carbons (Fsp3) is 0.600. The molecule has 118 valence electrons. The number of ether oxygens (including phenoxy) is 1. The molecule has 1 N–H and O–H groups in total. The van der Waals surface area contributed by atoms with Crippen molar-refractivity contribution in [2.45, 2.75) is 32.0 Å². The van der Waals surface area contributed by atoms with Crippen molar-refractivity contribution in [1.29, 1.82) is 0 Å². The van der Waals surface area contributed by atoms with Gasteiger partial charge < -0.3 is 10.1 Å². The maximum Gasteiger partial charge on any atom is 0.416 e. The van der Waals surface area contributed by atoms with Gasteiger partial charge in [-0.25, -0.2) is 4.39 Å². The SMILES string of the molecule is CCNC(c1cc(C(F)(F)F)ccc1F)C1CCOCC1. The number of benzene rings is 1. The van der Waals surface area contributed by atoms with E-state index in [1.165, 1.54) is 0 Å². The molecular formula is C15H19F4NO. The molecule has 1 fully saturated rings. The average Bonchev–Trinajstić information content (AvgIpc) is 2.45. The summed E-state index contributed by atoms with van der Waals surface area (Å²) in [5.74, 6) is -0.517. The number of alkyl halides is 3. The first-order chi connectivity index (χ1) is 9.93. The predicted octanol–water partition coefficient (Wildman–Crippen LogP) is 3.92. The molecule has 0 amide bonds. The minimum atomic E-state index is -4.46. The van der Waals surface area contributed by atoms with E-state index in [-0.39, 0.29) is 11.5 Å². The second kappa shape index (κ2) is 6.75. The first-order valence-corrected chi connectivity index (χ1v) is 7.11. The van der Waals surface area contributed by atoms with Crippen LogP contribution >= 0.6 is 0 Å². The molecule has 2 rings (SSSR count). The molecule has 2 nitrogen and oxygen atoms in total. The highest BCUT2D eigenvalue weighted by Crippen LogP contribution is 2.36. The van der Waals surface area contributed by atoms with Crippen molar-refractivity contribution in [3.63, 3.8) is 0 Å². The lowest BCUT2D eigenvalue weighted by Crippen LogP contribution is -2.33. The molecule has 0 spiro atoms. The van der Waals surface area contributed by atoms with Crippen LogP contribution in [0.1, 0.15) is 36.9 Å². The van der Waals surface area contributed by atoms with Crippen molar-refractivity contribution < 1.29 is 22.3 Å². The first kappa shape index (κ1) is 16.2. The Balaban J connectivity index is 2.34. The minimum Gasteiger partial charge on any atom is -0.381 e. The number of hydrogen-bond acceptors (Lipinski definition) is 2. The molecule has 1 atom stereocenters. The van der Waals surface area contributed by atoms with Crippen molar-refractivity contribution in [3.05, 3.63) is 35.1 Å². The molecule has 1 heterocycles. The largest absolute Gasteiger partial charge is 0.416 e. The maximum absolute atomic E-state index is 14.0. The van der Waals surface area contributed by atoms with Crippen molar-refractivity contribution >= 4 is 0 Å². The summed E-state index contributed by atoms with van der Waals surface area (Å²) in [6, 6.07) is 2.20. The Morgan fingerprint density at radius 2 is 1.95 bits per heavy atom. The van der Waals surface area contributed by atoms with Crippen LogP contribution in [0.15, 0.2) is 18.2 Å². The zero-order valence-corrected chi connectivity index (χ0v) is 11.8. The van der Waals surface area contributed by atoms with Gasteiger partial charge in [0.1, 0.15) is 5.82 Å². The zero-order chi connectivity index (χ0) is 15.5. The topological polar surface area (TPSA) is 21.3 Å². The van der Waals surface area contributed by atoms with Gasteiger partial charge in [-0.1, -0.05) is 6.92 Å². The van der Waals surface area contributed by atoms with Gasteiger partial charge in [0.15, 0.2) is 0 Å². The summed E-state index contributed by atoms with van der Waals surface area (Å²) in [6.07, 6.45) is -3.03. The van der Waals surface area contributed by atoms with Gasteiger partial charge in [0.25, 0.3) is 0 Å².